The van der Waals surface area contributed by atoms with Crippen molar-refractivity contribution >= 4 is 11.6 Å². The van der Waals surface area contributed by atoms with Crippen molar-refractivity contribution in [3.8, 4) is 11.5 Å². The van der Waals surface area contributed by atoms with Gasteiger partial charge < -0.3 is 15.2 Å². The highest BCUT2D eigenvalue weighted by molar-refractivity contribution is 6.32. The number of hydrogen-bond acceptors (Lipinski definition) is 3. The maximum atomic E-state index is 12.3. The zero-order chi connectivity index (χ0) is 14.0. The summed E-state index contributed by atoms with van der Waals surface area (Å²) >= 11 is 5.99. The molecule has 0 spiro atoms. The Kier molecular flexibility index (Phi) is 4.10. The number of halogens is 4. The van der Waals surface area contributed by atoms with E-state index in [0.29, 0.717) is 31.1 Å². The van der Waals surface area contributed by atoms with Crippen LogP contribution in [0.3, 0.4) is 0 Å². The lowest BCUT2D eigenvalue weighted by atomic mass is 10.0. The fourth-order valence-corrected chi connectivity index (χ4v) is 2.11. The molecule has 1 heterocycles. The van der Waals surface area contributed by atoms with E-state index in [-0.39, 0.29) is 10.6 Å². The monoisotopic (exact) mass is 295 g/mol. The minimum absolute atomic E-state index is 0.215. The molecule has 1 aromatic carbocycles. The van der Waals surface area contributed by atoms with Crippen molar-refractivity contribution in [1.29, 1.82) is 0 Å². The first-order valence-corrected chi connectivity index (χ1v) is 6.16. The van der Waals surface area contributed by atoms with E-state index in [9.17, 15) is 13.2 Å². The van der Waals surface area contributed by atoms with Gasteiger partial charge in [0.15, 0.2) is 11.5 Å². The van der Waals surface area contributed by atoms with E-state index in [2.05, 4.69) is 0 Å². The average molecular weight is 296 g/mol. The third kappa shape index (κ3) is 3.67. The number of alkyl halides is 3. The van der Waals surface area contributed by atoms with Gasteiger partial charge in [0, 0.05) is 12.5 Å². The van der Waals surface area contributed by atoms with Gasteiger partial charge in [0.05, 0.1) is 24.7 Å². The Morgan fingerprint density at radius 2 is 1.95 bits per heavy atom. The molecule has 7 heteroatoms. The first-order valence-electron chi connectivity index (χ1n) is 5.78. The molecule has 0 amide bonds. The summed E-state index contributed by atoms with van der Waals surface area (Å²) in [6.07, 6.45) is -4.74. The number of benzene rings is 1. The Bertz CT molecular complexity index is 465. The summed E-state index contributed by atoms with van der Waals surface area (Å²) in [5.74, 6) is 0.708. The van der Waals surface area contributed by atoms with Crippen molar-refractivity contribution in [3.63, 3.8) is 0 Å². The van der Waals surface area contributed by atoms with Gasteiger partial charge in [-0.1, -0.05) is 11.6 Å². The molecule has 0 aromatic heterocycles. The summed E-state index contributed by atoms with van der Waals surface area (Å²) in [6, 6.07) is 1.68. The second-order valence-corrected chi connectivity index (χ2v) is 4.71. The van der Waals surface area contributed by atoms with Crippen molar-refractivity contribution in [2.45, 2.75) is 25.1 Å². The summed E-state index contributed by atoms with van der Waals surface area (Å²) in [7, 11) is 0. The van der Waals surface area contributed by atoms with Crippen LogP contribution in [0.15, 0.2) is 12.1 Å². The molecule has 0 saturated carbocycles. The van der Waals surface area contributed by atoms with Gasteiger partial charge in [0.1, 0.15) is 0 Å². The lowest BCUT2D eigenvalue weighted by Crippen LogP contribution is -2.20. The zero-order valence-corrected chi connectivity index (χ0v) is 10.7. The summed E-state index contributed by atoms with van der Waals surface area (Å²) < 4.78 is 47.8. The molecule has 1 aliphatic heterocycles. The molecule has 1 aromatic rings. The summed E-state index contributed by atoms with van der Waals surface area (Å²) in [5, 5.41) is 0.215. The largest absolute Gasteiger partial charge is 0.489 e. The van der Waals surface area contributed by atoms with Gasteiger partial charge in [-0.2, -0.15) is 13.2 Å². The number of rotatable bonds is 2. The Morgan fingerprint density at radius 1 is 1.26 bits per heavy atom. The van der Waals surface area contributed by atoms with E-state index < -0.39 is 18.6 Å². The molecule has 2 rings (SSSR count). The van der Waals surface area contributed by atoms with Crippen molar-refractivity contribution in [2.24, 2.45) is 5.73 Å². The first-order chi connectivity index (χ1) is 8.87. The summed E-state index contributed by atoms with van der Waals surface area (Å²) in [5.41, 5.74) is 5.83. The molecule has 19 heavy (non-hydrogen) atoms. The Hall–Kier alpha value is -1.14. The predicted octanol–water partition coefficient (Wildman–Crippen LogP) is 3.45. The Labute approximate surface area is 113 Å². The van der Waals surface area contributed by atoms with Gasteiger partial charge in [-0.15, -0.1) is 0 Å². The highest BCUT2D eigenvalue weighted by Crippen LogP contribution is 2.40. The molecule has 0 bridgehead atoms. The van der Waals surface area contributed by atoms with Crippen molar-refractivity contribution in [1.82, 2.24) is 0 Å². The molecule has 0 unspecified atom stereocenters. The van der Waals surface area contributed by atoms with E-state index in [1.807, 2.05) is 0 Å². The molecule has 106 valence electrons. The van der Waals surface area contributed by atoms with Crippen LogP contribution in [0.1, 0.15) is 24.4 Å². The van der Waals surface area contributed by atoms with Crippen LogP contribution in [0.25, 0.3) is 0 Å². The number of nitrogens with two attached hydrogens (primary N) is 1. The highest BCUT2D eigenvalue weighted by atomic mass is 35.5. The highest BCUT2D eigenvalue weighted by Gasteiger charge is 2.31. The zero-order valence-electron chi connectivity index (χ0n) is 9.97. The maximum Gasteiger partial charge on any atom is 0.390 e. The van der Waals surface area contributed by atoms with E-state index >= 15 is 0 Å². The second kappa shape index (κ2) is 5.46. The molecule has 1 aliphatic rings. The van der Waals surface area contributed by atoms with Crippen LogP contribution in [0.4, 0.5) is 13.2 Å². The molecular weight excluding hydrogens is 283 g/mol. The van der Waals surface area contributed by atoms with Crippen molar-refractivity contribution in [3.05, 3.63) is 22.7 Å². The van der Waals surface area contributed by atoms with Gasteiger partial charge in [0.2, 0.25) is 0 Å². The van der Waals surface area contributed by atoms with Crippen LogP contribution in [0.2, 0.25) is 5.02 Å². The van der Waals surface area contributed by atoms with Gasteiger partial charge in [-0.25, -0.2) is 0 Å². The van der Waals surface area contributed by atoms with E-state index in [1.54, 1.807) is 0 Å². The molecule has 0 fully saturated rings. The van der Waals surface area contributed by atoms with Gasteiger partial charge in [-0.3, -0.25) is 0 Å². The van der Waals surface area contributed by atoms with Crippen LogP contribution in [0.5, 0.6) is 11.5 Å². The molecule has 0 saturated heterocycles. The minimum Gasteiger partial charge on any atom is -0.489 e. The number of fused-ring (bicyclic) bond motifs is 1. The fraction of sp³-hybridized carbons (Fsp3) is 0.500. The summed E-state index contributed by atoms with van der Waals surface area (Å²) in [6.45, 7) is 0.891. The van der Waals surface area contributed by atoms with E-state index in [0.717, 1.165) is 0 Å². The van der Waals surface area contributed by atoms with E-state index in [4.69, 9.17) is 26.8 Å². The van der Waals surface area contributed by atoms with Gasteiger partial charge in [0.25, 0.3) is 0 Å². The minimum atomic E-state index is -4.32. The quantitative estimate of drug-likeness (QED) is 0.909. The Morgan fingerprint density at radius 3 is 2.63 bits per heavy atom. The van der Waals surface area contributed by atoms with Crippen LogP contribution >= 0.6 is 11.6 Å². The lowest BCUT2D eigenvalue weighted by molar-refractivity contribution is -0.138. The second-order valence-electron chi connectivity index (χ2n) is 4.31. The van der Waals surface area contributed by atoms with Gasteiger partial charge in [-0.05, 0) is 17.7 Å². The van der Waals surface area contributed by atoms with Crippen molar-refractivity contribution < 1.29 is 22.6 Å². The van der Waals surface area contributed by atoms with Crippen molar-refractivity contribution in [2.75, 3.05) is 13.2 Å². The van der Waals surface area contributed by atoms with Gasteiger partial charge >= 0.3 is 6.18 Å². The lowest BCUT2D eigenvalue weighted by Gasteiger charge is -2.17. The third-order valence-corrected chi connectivity index (χ3v) is 2.98. The topological polar surface area (TPSA) is 44.5 Å². The van der Waals surface area contributed by atoms with E-state index in [1.165, 1.54) is 12.1 Å². The molecule has 3 nitrogen and oxygen atoms in total. The van der Waals surface area contributed by atoms with Crippen LogP contribution in [-0.2, 0) is 0 Å². The van der Waals surface area contributed by atoms with Crippen LogP contribution in [-0.4, -0.2) is 19.4 Å². The molecule has 0 radical (unpaired) electrons. The maximum absolute atomic E-state index is 12.3. The molecule has 0 aliphatic carbocycles. The number of ether oxygens (including phenoxy) is 2. The molecular formula is C12H13ClF3NO2. The fourth-order valence-electron chi connectivity index (χ4n) is 1.83. The smallest absolute Gasteiger partial charge is 0.390 e. The molecule has 2 N–H and O–H groups in total. The number of hydrogen-bond donors (Lipinski definition) is 1. The van der Waals surface area contributed by atoms with Crippen LogP contribution < -0.4 is 15.2 Å². The summed E-state index contributed by atoms with van der Waals surface area (Å²) in [4.78, 5) is 0. The first kappa shape index (κ1) is 14.3. The normalized spacial score (nSPS) is 16.9. The Balaban J connectivity index is 2.28. The average Bonchev–Trinajstić information content (AvgIpc) is 2.51. The van der Waals surface area contributed by atoms with Crippen LogP contribution in [0, 0.1) is 0 Å². The molecule has 1 atom stereocenters. The SMILES string of the molecule is N[C@@H](CC(F)(F)F)c1cc(Cl)c2c(c1)OCCCO2. The standard InChI is InChI=1S/C12H13ClF3NO2/c13-8-4-7(9(17)6-12(14,15)16)5-10-11(8)19-3-1-2-18-10/h4-5,9H,1-3,6,17H2/t9-/m0/s1. The predicted molar refractivity (Wildman–Crippen MR) is 64.7 cm³/mol. The third-order valence-electron chi connectivity index (χ3n) is 2.70.